The standard InChI is InChI=1S/C14H20ClNO3/c1-18-14-6-11(7-14)16-8-12(17)9-19-13-4-2-3-10(15)5-13/h2-5,11-12,14,16-17H,6-9H2,1H3. The summed E-state index contributed by atoms with van der Waals surface area (Å²) in [6.07, 6.45) is 1.87. The van der Waals surface area contributed by atoms with Crippen molar-refractivity contribution in [3.63, 3.8) is 0 Å². The molecule has 0 bridgehead atoms. The lowest BCUT2D eigenvalue weighted by Crippen LogP contribution is -2.48. The average Bonchev–Trinajstić information content (AvgIpc) is 2.35. The van der Waals surface area contributed by atoms with Crippen molar-refractivity contribution in [3.05, 3.63) is 29.3 Å². The maximum Gasteiger partial charge on any atom is 0.120 e. The predicted molar refractivity (Wildman–Crippen MR) is 74.8 cm³/mol. The van der Waals surface area contributed by atoms with Crippen molar-refractivity contribution in [1.29, 1.82) is 0 Å². The quantitative estimate of drug-likeness (QED) is 0.803. The van der Waals surface area contributed by atoms with E-state index in [4.69, 9.17) is 21.1 Å². The van der Waals surface area contributed by atoms with Crippen LogP contribution >= 0.6 is 11.6 Å². The lowest BCUT2D eigenvalue weighted by Gasteiger charge is -2.35. The molecule has 1 aromatic carbocycles. The van der Waals surface area contributed by atoms with E-state index in [1.165, 1.54) is 0 Å². The van der Waals surface area contributed by atoms with Gasteiger partial charge in [0.05, 0.1) is 6.10 Å². The van der Waals surface area contributed by atoms with E-state index in [0.29, 0.717) is 29.5 Å². The van der Waals surface area contributed by atoms with Gasteiger partial charge in [-0.1, -0.05) is 17.7 Å². The van der Waals surface area contributed by atoms with Crippen LogP contribution in [0.1, 0.15) is 12.8 Å². The molecular weight excluding hydrogens is 266 g/mol. The molecule has 1 aliphatic rings. The number of aliphatic hydroxyl groups excluding tert-OH is 1. The van der Waals surface area contributed by atoms with Gasteiger partial charge in [0.25, 0.3) is 0 Å². The number of halogens is 1. The van der Waals surface area contributed by atoms with Gasteiger partial charge in [0.1, 0.15) is 18.5 Å². The molecule has 1 fully saturated rings. The second-order valence-electron chi connectivity index (χ2n) is 4.86. The first-order chi connectivity index (χ1) is 9.17. The summed E-state index contributed by atoms with van der Waals surface area (Å²) in [6, 6.07) is 7.61. The number of hydrogen-bond acceptors (Lipinski definition) is 4. The minimum Gasteiger partial charge on any atom is -0.491 e. The Balaban J connectivity index is 1.61. The third kappa shape index (κ3) is 4.66. The second-order valence-corrected chi connectivity index (χ2v) is 5.29. The summed E-state index contributed by atoms with van der Waals surface area (Å²) < 4.78 is 10.7. The monoisotopic (exact) mass is 285 g/mol. The topological polar surface area (TPSA) is 50.7 Å². The van der Waals surface area contributed by atoms with Crippen LogP contribution in [-0.4, -0.2) is 43.6 Å². The number of methoxy groups -OCH3 is 1. The molecular formula is C14H20ClNO3. The number of rotatable bonds is 7. The van der Waals surface area contributed by atoms with Crippen LogP contribution in [0.5, 0.6) is 5.75 Å². The minimum atomic E-state index is -0.527. The maximum absolute atomic E-state index is 9.82. The van der Waals surface area contributed by atoms with Crippen LogP contribution < -0.4 is 10.1 Å². The molecule has 19 heavy (non-hydrogen) atoms. The van der Waals surface area contributed by atoms with E-state index in [2.05, 4.69) is 5.32 Å². The SMILES string of the molecule is COC1CC(NCC(O)COc2cccc(Cl)c2)C1. The normalized spacial score (nSPS) is 23.7. The van der Waals surface area contributed by atoms with Crippen LogP contribution in [0.15, 0.2) is 24.3 Å². The smallest absolute Gasteiger partial charge is 0.120 e. The number of ether oxygens (including phenoxy) is 2. The highest BCUT2D eigenvalue weighted by molar-refractivity contribution is 6.30. The van der Waals surface area contributed by atoms with Crippen molar-refractivity contribution >= 4 is 11.6 Å². The summed E-state index contributed by atoms with van der Waals surface area (Å²) in [5.41, 5.74) is 0. The Morgan fingerprint density at radius 1 is 1.47 bits per heavy atom. The van der Waals surface area contributed by atoms with Gasteiger partial charge in [-0.15, -0.1) is 0 Å². The Bertz CT molecular complexity index is 396. The minimum absolute atomic E-state index is 0.258. The molecule has 5 heteroatoms. The van der Waals surface area contributed by atoms with Gasteiger partial charge in [-0.3, -0.25) is 0 Å². The molecule has 1 unspecified atom stereocenters. The molecule has 1 aromatic rings. The van der Waals surface area contributed by atoms with E-state index in [9.17, 15) is 5.11 Å². The molecule has 2 N–H and O–H groups in total. The van der Waals surface area contributed by atoms with Crippen LogP contribution in [0, 0.1) is 0 Å². The van der Waals surface area contributed by atoms with Crippen molar-refractivity contribution in [2.24, 2.45) is 0 Å². The van der Waals surface area contributed by atoms with Gasteiger partial charge in [-0.2, -0.15) is 0 Å². The van der Waals surface area contributed by atoms with Crippen molar-refractivity contribution in [3.8, 4) is 5.75 Å². The van der Waals surface area contributed by atoms with E-state index in [-0.39, 0.29) is 6.61 Å². The molecule has 106 valence electrons. The molecule has 0 heterocycles. The number of benzene rings is 1. The summed E-state index contributed by atoms with van der Waals surface area (Å²) in [7, 11) is 1.73. The summed E-state index contributed by atoms with van der Waals surface area (Å²) in [5, 5.41) is 13.7. The van der Waals surface area contributed by atoms with E-state index >= 15 is 0 Å². The van der Waals surface area contributed by atoms with Crippen LogP contribution in [0.3, 0.4) is 0 Å². The Labute approximate surface area is 118 Å². The maximum atomic E-state index is 9.82. The molecule has 1 saturated carbocycles. The Hall–Kier alpha value is -0.810. The molecule has 0 amide bonds. The van der Waals surface area contributed by atoms with Crippen LogP contribution in [0.25, 0.3) is 0 Å². The largest absolute Gasteiger partial charge is 0.491 e. The van der Waals surface area contributed by atoms with Gasteiger partial charge in [-0.25, -0.2) is 0 Å². The molecule has 4 nitrogen and oxygen atoms in total. The van der Waals surface area contributed by atoms with E-state index in [1.54, 1.807) is 19.2 Å². The Kier molecular flexibility index (Phi) is 5.45. The molecule has 1 atom stereocenters. The summed E-state index contributed by atoms with van der Waals surface area (Å²) in [4.78, 5) is 0. The molecule has 2 rings (SSSR count). The zero-order valence-corrected chi connectivity index (χ0v) is 11.8. The molecule has 0 spiro atoms. The first-order valence-electron chi connectivity index (χ1n) is 6.50. The van der Waals surface area contributed by atoms with Crippen LogP contribution in [-0.2, 0) is 4.74 Å². The highest BCUT2D eigenvalue weighted by Crippen LogP contribution is 2.22. The lowest BCUT2D eigenvalue weighted by molar-refractivity contribution is 0.0117. The Morgan fingerprint density at radius 2 is 2.26 bits per heavy atom. The van der Waals surface area contributed by atoms with E-state index < -0.39 is 6.10 Å². The number of aliphatic hydroxyl groups is 1. The fraction of sp³-hybridized carbons (Fsp3) is 0.571. The zero-order valence-electron chi connectivity index (χ0n) is 11.0. The molecule has 0 aliphatic heterocycles. The third-order valence-electron chi connectivity index (χ3n) is 3.31. The fourth-order valence-corrected chi connectivity index (χ4v) is 2.22. The van der Waals surface area contributed by atoms with E-state index in [0.717, 1.165) is 12.8 Å². The van der Waals surface area contributed by atoms with Gasteiger partial charge in [0.2, 0.25) is 0 Å². The third-order valence-corrected chi connectivity index (χ3v) is 3.54. The molecule has 0 saturated heterocycles. The van der Waals surface area contributed by atoms with Crippen molar-refractivity contribution < 1.29 is 14.6 Å². The zero-order chi connectivity index (χ0) is 13.7. The highest BCUT2D eigenvalue weighted by atomic mass is 35.5. The summed E-state index contributed by atoms with van der Waals surface area (Å²) in [6.45, 7) is 0.787. The van der Waals surface area contributed by atoms with Gasteiger partial charge in [0.15, 0.2) is 0 Å². The molecule has 0 radical (unpaired) electrons. The predicted octanol–water partition coefficient (Wildman–Crippen LogP) is 1.85. The van der Waals surface area contributed by atoms with Gasteiger partial charge in [0, 0.05) is 24.7 Å². The van der Waals surface area contributed by atoms with Crippen LogP contribution in [0.4, 0.5) is 0 Å². The summed E-state index contributed by atoms with van der Waals surface area (Å²) in [5.74, 6) is 0.676. The van der Waals surface area contributed by atoms with Gasteiger partial charge in [-0.05, 0) is 31.0 Å². The van der Waals surface area contributed by atoms with Crippen molar-refractivity contribution in [2.75, 3.05) is 20.3 Å². The highest BCUT2D eigenvalue weighted by Gasteiger charge is 2.28. The number of hydrogen-bond donors (Lipinski definition) is 2. The molecule has 0 aromatic heterocycles. The summed E-state index contributed by atoms with van der Waals surface area (Å²) >= 11 is 5.85. The first-order valence-corrected chi connectivity index (χ1v) is 6.87. The fourth-order valence-electron chi connectivity index (χ4n) is 2.04. The van der Waals surface area contributed by atoms with Crippen molar-refractivity contribution in [2.45, 2.75) is 31.1 Å². The second kappa shape index (κ2) is 7.10. The van der Waals surface area contributed by atoms with Crippen molar-refractivity contribution in [1.82, 2.24) is 5.32 Å². The van der Waals surface area contributed by atoms with Crippen LogP contribution in [0.2, 0.25) is 5.02 Å². The number of nitrogens with one attached hydrogen (secondary N) is 1. The van der Waals surface area contributed by atoms with Gasteiger partial charge >= 0.3 is 0 Å². The van der Waals surface area contributed by atoms with Gasteiger partial charge < -0.3 is 19.9 Å². The lowest BCUT2D eigenvalue weighted by atomic mass is 9.89. The van der Waals surface area contributed by atoms with E-state index in [1.807, 2.05) is 12.1 Å². The Morgan fingerprint density at radius 3 is 2.95 bits per heavy atom. The first kappa shape index (κ1) is 14.6. The average molecular weight is 286 g/mol. The molecule has 1 aliphatic carbocycles.